The van der Waals surface area contributed by atoms with Gasteiger partial charge in [-0.3, -0.25) is 5.10 Å². The second kappa shape index (κ2) is 8.19. The van der Waals surface area contributed by atoms with Gasteiger partial charge in [0.15, 0.2) is 17.4 Å². The number of anilines is 3. The molecule has 3 heterocycles. The molecule has 0 saturated carbocycles. The van der Waals surface area contributed by atoms with Crippen LogP contribution in [0.4, 0.5) is 26.2 Å². The fourth-order valence-corrected chi connectivity index (χ4v) is 3.93. The van der Waals surface area contributed by atoms with E-state index in [1.807, 2.05) is 19.9 Å². The molecule has 0 spiro atoms. The summed E-state index contributed by atoms with van der Waals surface area (Å²) in [6.45, 7) is 6.87. The quantitative estimate of drug-likeness (QED) is 0.559. The molecule has 166 valence electrons. The number of fused-ring (bicyclic) bond motifs is 1. The van der Waals surface area contributed by atoms with Crippen molar-refractivity contribution in [2.75, 3.05) is 36.4 Å². The molecule has 0 unspecified atom stereocenters. The first kappa shape index (κ1) is 20.4. The molecule has 0 bridgehead atoms. The van der Waals surface area contributed by atoms with Crippen LogP contribution in [-0.4, -0.2) is 46.3 Å². The summed E-state index contributed by atoms with van der Waals surface area (Å²) in [5, 5.41) is 13.4. The summed E-state index contributed by atoms with van der Waals surface area (Å²) in [5.74, 6) is 0.275. The lowest BCUT2D eigenvalue weighted by Crippen LogP contribution is -2.43. The highest BCUT2D eigenvalue weighted by Crippen LogP contribution is 2.36. The number of H-pyrrole nitrogens is 1. The Balaban J connectivity index is 1.51. The van der Waals surface area contributed by atoms with Crippen LogP contribution >= 0.6 is 0 Å². The molecule has 1 saturated heterocycles. The summed E-state index contributed by atoms with van der Waals surface area (Å²) in [5.41, 5.74) is 2.35. The molecule has 8 nitrogen and oxygen atoms in total. The SMILES string of the molecule is CC1=Cc2c(F)c(Oc3nc(Nc4cc(C)[nH]n4)cc(N4CCNCC4)n3)cc(F)c2C1. The first-order chi connectivity index (χ1) is 15.5. The molecule has 1 aromatic carbocycles. The van der Waals surface area contributed by atoms with Gasteiger partial charge in [0.25, 0.3) is 0 Å². The predicted molar refractivity (Wildman–Crippen MR) is 118 cm³/mol. The molecule has 1 aliphatic carbocycles. The van der Waals surface area contributed by atoms with Gasteiger partial charge in [0.05, 0.1) is 0 Å². The maximum Gasteiger partial charge on any atom is 0.326 e. The second-order valence-electron chi connectivity index (χ2n) is 8.02. The lowest BCUT2D eigenvalue weighted by molar-refractivity contribution is 0.405. The number of halogens is 2. The lowest BCUT2D eigenvalue weighted by Gasteiger charge is -2.28. The van der Waals surface area contributed by atoms with Crippen molar-refractivity contribution in [3.8, 4) is 11.8 Å². The molecule has 32 heavy (non-hydrogen) atoms. The van der Waals surface area contributed by atoms with E-state index in [0.717, 1.165) is 43.5 Å². The summed E-state index contributed by atoms with van der Waals surface area (Å²) < 4.78 is 35.4. The van der Waals surface area contributed by atoms with E-state index in [0.29, 0.717) is 29.4 Å². The third-order valence-corrected chi connectivity index (χ3v) is 5.47. The van der Waals surface area contributed by atoms with E-state index in [-0.39, 0.29) is 17.3 Å². The highest BCUT2D eigenvalue weighted by atomic mass is 19.1. The smallest absolute Gasteiger partial charge is 0.326 e. The van der Waals surface area contributed by atoms with Gasteiger partial charge in [0, 0.05) is 61.2 Å². The van der Waals surface area contributed by atoms with Gasteiger partial charge in [0.1, 0.15) is 17.5 Å². The molecule has 3 N–H and O–H groups in total. The summed E-state index contributed by atoms with van der Waals surface area (Å²) in [7, 11) is 0. The monoisotopic (exact) mass is 439 g/mol. The molecule has 1 fully saturated rings. The van der Waals surface area contributed by atoms with Crippen molar-refractivity contribution in [2.45, 2.75) is 20.3 Å². The molecule has 0 atom stereocenters. The third-order valence-electron chi connectivity index (χ3n) is 5.47. The molecule has 5 rings (SSSR count). The number of nitrogens with zero attached hydrogens (tertiary/aromatic N) is 4. The van der Waals surface area contributed by atoms with Crippen LogP contribution in [0.3, 0.4) is 0 Å². The van der Waals surface area contributed by atoms with Crippen molar-refractivity contribution in [1.29, 1.82) is 0 Å². The van der Waals surface area contributed by atoms with Crippen LogP contribution in [0.1, 0.15) is 23.7 Å². The number of allylic oxidation sites excluding steroid dienone is 1. The molecule has 1 aliphatic heterocycles. The van der Waals surface area contributed by atoms with E-state index >= 15 is 4.39 Å². The summed E-state index contributed by atoms with van der Waals surface area (Å²) in [4.78, 5) is 10.9. The minimum absolute atomic E-state index is 0.0762. The molecule has 10 heteroatoms. The van der Waals surface area contributed by atoms with Gasteiger partial charge in [-0.05, 0) is 20.3 Å². The topological polar surface area (TPSA) is 91.0 Å². The Bertz CT molecular complexity index is 1200. The van der Waals surface area contributed by atoms with Crippen molar-refractivity contribution in [3.05, 3.63) is 52.2 Å². The number of aromatic amines is 1. The lowest BCUT2D eigenvalue weighted by atomic mass is 10.1. The Kier molecular flexibility index (Phi) is 5.22. The van der Waals surface area contributed by atoms with Gasteiger partial charge in [-0.1, -0.05) is 11.6 Å². The summed E-state index contributed by atoms with van der Waals surface area (Å²) in [6, 6.07) is 4.60. The van der Waals surface area contributed by atoms with E-state index < -0.39 is 11.6 Å². The van der Waals surface area contributed by atoms with Crippen molar-refractivity contribution < 1.29 is 13.5 Å². The van der Waals surface area contributed by atoms with Crippen LogP contribution in [-0.2, 0) is 6.42 Å². The maximum atomic E-state index is 15.1. The van der Waals surface area contributed by atoms with Crippen molar-refractivity contribution in [2.24, 2.45) is 0 Å². The first-order valence-electron chi connectivity index (χ1n) is 10.5. The molecule has 0 amide bonds. The Morgan fingerprint density at radius 3 is 2.62 bits per heavy atom. The number of ether oxygens (including phenoxy) is 1. The number of benzene rings is 1. The Labute approximate surface area is 183 Å². The Morgan fingerprint density at radius 2 is 1.88 bits per heavy atom. The highest BCUT2D eigenvalue weighted by molar-refractivity contribution is 5.66. The van der Waals surface area contributed by atoms with Crippen molar-refractivity contribution in [3.63, 3.8) is 0 Å². The zero-order valence-corrected chi connectivity index (χ0v) is 17.8. The van der Waals surface area contributed by atoms with Gasteiger partial charge in [-0.25, -0.2) is 8.78 Å². The zero-order chi connectivity index (χ0) is 22.2. The van der Waals surface area contributed by atoms with Crippen molar-refractivity contribution in [1.82, 2.24) is 25.5 Å². The molecule has 2 aliphatic rings. The zero-order valence-electron chi connectivity index (χ0n) is 17.8. The molecule has 3 aromatic rings. The number of piperazine rings is 1. The molecular weight excluding hydrogens is 416 g/mol. The minimum atomic E-state index is -0.619. The number of aryl methyl sites for hydroxylation is 1. The van der Waals surface area contributed by atoms with E-state index in [1.165, 1.54) is 0 Å². The number of rotatable bonds is 5. The fraction of sp³-hybridized carbons (Fsp3) is 0.318. The molecular formula is C22H23F2N7O. The fourth-order valence-electron chi connectivity index (χ4n) is 3.93. The van der Waals surface area contributed by atoms with Crippen LogP contribution < -0.4 is 20.3 Å². The van der Waals surface area contributed by atoms with Gasteiger partial charge >= 0.3 is 6.01 Å². The average molecular weight is 439 g/mol. The van der Waals surface area contributed by atoms with Gasteiger partial charge in [-0.2, -0.15) is 15.1 Å². The van der Waals surface area contributed by atoms with Gasteiger partial charge in [-0.15, -0.1) is 0 Å². The van der Waals surface area contributed by atoms with Crippen LogP contribution in [0.2, 0.25) is 0 Å². The second-order valence-corrected chi connectivity index (χ2v) is 8.02. The Hall–Kier alpha value is -3.53. The van der Waals surface area contributed by atoms with E-state index in [2.05, 4.69) is 35.7 Å². The standard InChI is InChI=1S/C22H23F2N7O/c1-12-7-14-15(8-12)21(24)17(10-16(14)23)32-22-27-18(26-19-9-13(2)29-30-19)11-20(28-22)31-5-3-25-4-6-31/h8-11,25H,3-7H2,1-2H3,(H2,26,27,28,29,30). The maximum absolute atomic E-state index is 15.1. The summed E-state index contributed by atoms with van der Waals surface area (Å²) >= 11 is 0. The highest BCUT2D eigenvalue weighted by Gasteiger charge is 2.24. The first-order valence-corrected chi connectivity index (χ1v) is 10.5. The number of nitrogens with one attached hydrogen (secondary N) is 3. The van der Waals surface area contributed by atoms with E-state index in [1.54, 1.807) is 12.1 Å². The predicted octanol–water partition coefficient (Wildman–Crippen LogP) is 3.69. The molecule has 2 aromatic heterocycles. The van der Waals surface area contributed by atoms with Crippen LogP contribution in [0, 0.1) is 18.6 Å². The average Bonchev–Trinajstić information content (AvgIpc) is 3.38. The van der Waals surface area contributed by atoms with E-state index in [4.69, 9.17) is 4.74 Å². The van der Waals surface area contributed by atoms with Gasteiger partial charge in [0.2, 0.25) is 0 Å². The molecule has 0 radical (unpaired) electrons. The largest absolute Gasteiger partial charge is 0.421 e. The normalized spacial score (nSPS) is 15.5. The number of aromatic nitrogens is 4. The summed E-state index contributed by atoms with van der Waals surface area (Å²) in [6.07, 6.45) is 2.04. The number of hydrogen-bond acceptors (Lipinski definition) is 7. The van der Waals surface area contributed by atoms with Crippen LogP contribution in [0.5, 0.6) is 11.8 Å². The number of hydrogen-bond donors (Lipinski definition) is 3. The van der Waals surface area contributed by atoms with Gasteiger partial charge < -0.3 is 20.3 Å². The Morgan fingerprint density at radius 1 is 1.06 bits per heavy atom. The van der Waals surface area contributed by atoms with Crippen LogP contribution in [0.15, 0.2) is 23.8 Å². The van der Waals surface area contributed by atoms with E-state index in [9.17, 15) is 4.39 Å². The van der Waals surface area contributed by atoms with Crippen molar-refractivity contribution >= 4 is 23.5 Å². The third kappa shape index (κ3) is 4.01. The van der Waals surface area contributed by atoms with Crippen LogP contribution in [0.25, 0.3) is 6.08 Å². The minimum Gasteiger partial charge on any atom is -0.421 e.